The summed E-state index contributed by atoms with van der Waals surface area (Å²) in [6, 6.07) is 13.8. The molecule has 2 heterocycles. The molecule has 0 bridgehead atoms. The number of nitriles is 1. The summed E-state index contributed by atoms with van der Waals surface area (Å²) in [7, 11) is 0. The van der Waals surface area contributed by atoms with E-state index in [0.29, 0.717) is 33.7 Å². The molecule has 0 saturated carbocycles. The van der Waals surface area contributed by atoms with Crippen molar-refractivity contribution in [3.63, 3.8) is 0 Å². The second-order valence-corrected chi connectivity index (χ2v) is 5.83. The predicted molar refractivity (Wildman–Crippen MR) is 95.4 cm³/mol. The Bertz CT molecular complexity index is 1190. The van der Waals surface area contributed by atoms with Crippen LogP contribution in [0.15, 0.2) is 57.6 Å². The molecule has 6 nitrogen and oxygen atoms in total. The summed E-state index contributed by atoms with van der Waals surface area (Å²) in [6.45, 7) is 1.76. The van der Waals surface area contributed by atoms with Gasteiger partial charge in [-0.1, -0.05) is 18.2 Å². The van der Waals surface area contributed by atoms with E-state index in [-0.39, 0.29) is 17.2 Å². The van der Waals surface area contributed by atoms with Crippen LogP contribution in [-0.2, 0) is 0 Å². The number of oxazole rings is 1. The van der Waals surface area contributed by atoms with Crippen LogP contribution in [0.1, 0.15) is 27.6 Å². The van der Waals surface area contributed by atoms with Crippen molar-refractivity contribution in [1.29, 1.82) is 5.26 Å². The van der Waals surface area contributed by atoms with Crippen LogP contribution >= 0.6 is 0 Å². The van der Waals surface area contributed by atoms with Crippen molar-refractivity contribution in [2.45, 2.75) is 6.92 Å². The Morgan fingerprint density at radius 3 is 2.81 bits per heavy atom. The lowest BCUT2D eigenvalue weighted by atomic mass is 10.0. The van der Waals surface area contributed by atoms with Gasteiger partial charge in [0.2, 0.25) is 5.78 Å². The van der Waals surface area contributed by atoms with Gasteiger partial charge in [0, 0.05) is 23.4 Å². The molecule has 0 aliphatic heterocycles. The molecule has 0 aliphatic carbocycles. The molecule has 4 rings (SSSR count). The molecule has 126 valence electrons. The van der Waals surface area contributed by atoms with E-state index >= 15 is 0 Å². The van der Waals surface area contributed by atoms with Crippen LogP contribution in [0, 0.1) is 18.3 Å². The van der Waals surface area contributed by atoms with E-state index in [2.05, 4.69) is 4.98 Å². The van der Waals surface area contributed by atoms with Gasteiger partial charge in [-0.3, -0.25) is 4.79 Å². The van der Waals surface area contributed by atoms with Crippen molar-refractivity contribution in [1.82, 2.24) is 4.98 Å². The fourth-order valence-corrected chi connectivity index (χ4v) is 2.80. The van der Waals surface area contributed by atoms with Gasteiger partial charge < -0.3 is 14.6 Å². The van der Waals surface area contributed by atoms with Crippen LogP contribution in [-0.4, -0.2) is 10.8 Å². The van der Waals surface area contributed by atoms with Gasteiger partial charge in [0.05, 0.1) is 17.3 Å². The lowest BCUT2D eigenvalue weighted by Gasteiger charge is -1.99. The molecule has 0 radical (unpaired) electrons. The maximum absolute atomic E-state index is 12.8. The Labute approximate surface area is 148 Å². The Morgan fingerprint density at radius 2 is 2.08 bits per heavy atom. The van der Waals surface area contributed by atoms with Crippen molar-refractivity contribution in [2.75, 3.05) is 5.73 Å². The number of anilines is 1. The second kappa shape index (κ2) is 5.90. The lowest BCUT2D eigenvalue weighted by molar-refractivity contribution is 0.101. The molecule has 0 saturated heterocycles. The highest BCUT2D eigenvalue weighted by Gasteiger charge is 2.21. The summed E-state index contributed by atoms with van der Waals surface area (Å²) in [5.74, 6) is 0.255. The number of nitrogens with zero attached hydrogens (tertiary/aromatic N) is 2. The van der Waals surface area contributed by atoms with E-state index in [9.17, 15) is 4.79 Å². The lowest BCUT2D eigenvalue weighted by Crippen LogP contribution is -2.03. The number of aryl methyl sites for hydroxylation is 1. The largest absolute Gasteiger partial charge is 0.450 e. The Kier molecular flexibility index (Phi) is 3.55. The zero-order valence-corrected chi connectivity index (χ0v) is 13.8. The first-order chi connectivity index (χ1) is 12.6. The van der Waals surface area contributed by atoms with Crippen molar-refractivity contribution < 1.29 is 13.6 Å². The Hall–Kier alpha value is -3.85. The molecule has 0 aliphatic rings. The van der Waals surface area contributed by atoms with Gasteiger partial charge in [0.1, 0.15) is 17.5 Å². The van der Waals surface area contributed by atoms with Crippen LogP contribution in [0.2, 0.25) is 0 Å². The van der Waals surface area contributed by atoms with Gasteiger partial charge in [-0.25, -0.2) is 4.98 Å². The number of carbonyl (C=O) groups excluding carboxylic acids is 1. The number of nitrogen functional groups attached to an aromatic ring is 1. The summed E-state index contributed by atoms with van der Waals surface area (Å²) in [6.07, 6.45) is 1.56. The fraction of sp³-hybridized carbons (Fsp3) is 0.0500. The highest BCUT2D eigenvalue weighted by atomic mass is 16.3. The first-order valence-electron chi connectivity index (χ1n) is 7.86. The standard InChI is InChI=1S/C20H13N3O3/c1-11-23-16(10-25-11)13-5-6-15-17(8-13)26-20(18(15)22)19(24)14-4-2-3-12(7-14)9-21/h2-8,10H,22H2,1H3. The maximum Gasteiger partial charge on any atom is 0.230 e. The third-order valence-electron chi connectivity index (χ3n) is 4.10. The molecule has 6 heteroatoms. The Balaban J connectivity index is 1.79. The number of aromatic nitrogens is 1. The van der Waals surface area contributed by atoms with E-state index in [1.807, 2.05) is 12.1 Å². The number of fused-ring (bicyclic) bond motifs is 1. The highest BCUT2D eigenvalue weighted by Crippen LogP contribution is 2.33. The quantitative estimate of drug-likeness (QED) is 0.562. The molecular formula is C20H13N3O3. The zero-order valence-electron chi connectivity index (χ0n) is 13.8. The van der Waals surface area contributed by atoms with E-state index in [1.165, 1.54) is 6.07 Å². The highest BCUT2D eigenvalue weighted by molar-refractivity contribution is 6.14. The number of hydrogen-bond donors (Lipinski definition) is 1. The SMILES string of the molecule is Cc1nc(-c2ccc3c(N)c(C(=O)c4cccc(C#N)c4)oc3c2)co1. The van der Waals surface area contributed by atoms with Gasteiger partial charge in [-0.15, -0.1) is 0 Å². The zero-order chi connectivity index (χ0) is 18.3. The van der Waals surface area contributed by atoms with Crippen molar-refractivity contribution in [3.8, 4) is 17.3 Å². The molecule has 0 spiro atoms. The number of ketones is 1. The average molecular weight is 343 g/mol. The van der Waals surface area contributed by atoms with Crippen LogP contribution in [0.25, 0.3) is 22.2 Å². The number of rotatable bonds is 3. The molecule has 2 aromatic heterocycles. The van der Waals surface area contributed by atoms with Crippen LogP contribution < -0.4 is 5.73 Å². The molecule has 4 aromatic rings. The normalized spacial score (nSPS) is 10.8. The monoisotopic (exact) mass is 343 g/mol. The van der Waals surface area contributed by atoms with E-state index in [0.717, 1.165) is 5.56 Å². The summed E-state index contributed by atoms with van der Waals surface area (Å²) >= 11 is 0. The predicted octanol–water partition coefficient (Wildman–Crippen LogP) is 4.08. The molecule has 26 heavy (non-hydrogen) atoms. The Morgan fingerprint density at radius 1 is 1.23 bits per heavy atom. The van der Waals surface area contributed by atoms with E-state index in [4.69, 9.17) is 19.8 Å². The van der Waals surface area contributed by atoms with Crippen LogP contribution in [0.4, 0.5) is 5.69 Å². The first-order valence-corrected chi connectivity index (χ1v) is 7.86. The number of benzene rings is 2. The number of hydrogen-bond acceptors (Lipinski definition) is 6. The third-order valence-corrected chi connectivity index (χ3v) is 4.10. The summed E-state index contributed by atoms with van der Waals surface area (Å²) < 4.78 is 11.0. The molecule has 2 aromatic carbocycles. The van der Waals surface area contributed by atoms with Gasteiger partial charge in [-0.05, 0) is 24.3 Å². The summed E-state index contributed by atoms with van der Waals surface area (Å²) in [5.41, 5.74) is 9.11. The molecule has 0 unspecified atom stereocenters. The minimum Gasteiger partial charge on any atom is -0.450 e. The average Bonchev–Trinajstić information content (AvgIpc) is 3.24. The molecular weight excluding hydrogens is 330 g/mol. The number of carbonyl (C=O) groups is 1. The number of furan rings is 1. The van der Waals surface area contributed by atoms with E-state index < -0.39 is 0 Å². The molecule has 2 N–H and O–H groups in total. The first kappa shape index (κ1) is 15.7. The van der Waals surface area contributed by atoms with Gasteiger partial charge in [0.25, 0.3) is 0 Å². The van der Waals surface area contributed by atoms with Gasteiger partial charge in [-0.2, -0.15) is 5.26 Å². The van der Waals surface area contributed by atoms with Gasteiger partial charge in [0.15, 0.2) is 11.7 Å². The fourth-order valence-electron chi connectivity index (χ4n) is 2.80. The van der Waals surface area contributed by atoms with Crippen LogP contribution in [0.5, 0.6) is 0 Å². The molecule has 0 amide bonds. The molecule has 0 atom stereocenters. The third kappa shape index (κ3) is 2.52. The number of nitrogens with two attached hydrogens (primary N) is 1. The maximum atomic E-state index is 12.8. The molecule has 0 fully saturated rings. The smallest absolute Gasteiger partial charge is 0.230 e. The minimum atomic E-state index is -0.366. The van der Waals surface area contributed by atoms with Gasteiger partial charge >= 0.3 is 0 Å². The minimum absolute atomic E-state index is 0.0589. The summed E-state index contributed by atoms with van der Waals surface area (Å²) in [5, 5.41) is 9.65. The summed E-state index contributed by atoms with van der Waals surface area (Å²) in [4.78, 5) is 17.0. The topological polar surface area (TPSA) is 106 Å². The van der Waals surface area contributed by atoms with E-state index in [1.54, 1.807) is 43.5 Å². The van der Waals surface area contributed by atoms with Crippen LogP contribution in [0.3, 0.4) is 0 Å². The van der Waals surface area contributed by atoms with Crippen molar-refractivity contribution in [3.05, 3.63) is 71.5 Å². The van der Waals surface area contributed by atoms with Crippen molar-refractivity contribution in [2.24, 2.45) is 0 Å². The second-order valence-electron chi connectivity index (χ2n) is 5.83. The van der Waals surface area contributed by atoms with Crippen molar-refractivity contribution >= 4 is 22.4 Å².